The second-order valence-electron chi connectivity index (χ2n) is 4.61. The number of benzene rings is 1. The molecule has 1 aliphatic rings. The Kier molecular flexibility index (Phi) is 4.53. The fourth-order valence-corrected chi connectivity index (χ4v) is 3.52. The van der Waals surface area contributed by atoms with Gasteiger partial charge in [-0.2, -0.15) is 11.8 Å². The number of hydrogen-bond acceptors (Lipinski definition) is 3. The summed E-state index contributed by atoms with van der Waals surface area (Å²) in [5, 5.41) is 13.1. The Bertz CT molecular complexity index is 422. The van der Waals surface area contributed by atoms with Crippen LogP contribution in [0.15, 0.2) is 24.3 Å². The van der Waals surface area contributed by atoms with Crippen LogP contribution >= 0.6 is 11.8 Å². The van der Waals surface area contributed by atoms with Gasteiger partial charge in [0.15, 0.2) is 0 Å². The lowest BCUT2D eigenvalue weighted by Gasteiger charge is -2.13. The zero-order valence-corrected chi connectivity index (χ0v) is 11.4. The molecule has 0 radical (unpaired) electrons. The van der Waals surface area contributed by atoms with Gasteiger partial charge in [-0.3, -0.25) is 4.79 Å². The largest absolute Gasteiger partial charge is 0.508 e. The van der Waals surface area contributed by atoms with Gasteiger partial charge in [-0.05, 0) is 43.2 Å². The van der Waals surface area contributed by atoms with Crippen LogP contribution in [0.4, 0.5) is 0 Å². The van der Waals surface area contributed by atoms with E-state index in [9.17, 15) is 9.90 Å². The summed E-state index contributed by atoms with van der Waals surface area (Å²) in [6.07, 6.45) is 3.30. The number of nitrogens with one attached hydrogen (secondary N) is 1. The van der Waals surface area contributed by atoms with E-state index in [0.29, 0.717) is 10.8 Å². The fourth-order valence-electron chi connectivity index (χ4n) is 2.37. The van der Waals surface area contributed by atoms with E-state index in [4.69, 9.17) is 0 Å². The Hall–Kier alpha value is -1.16. The fraction of sp³-hybridized carbons (Fsp3) is 0.500. The molecule has 3 nitrogen and oxygen atoms in total. The number of phenols is 1. The maximum absolute atomic E-state index is 12.0. The molecule has 2 N–H and O–H groups in total. The van der Waals surface area contributed by atoms with Gasteiger partial charge in [0.05, 0.1) is 0 Å². The van der Waals surface area contributed by atoms with Crippen molar-refractivity contribution in [3.8, 4) is 5.75 Å². The van der Waals surface area contributed by atoms with Gasteiger partial charge in [-0.1, -0.05) is 13.0 Å². The van der Waals surface area contributed by atoms with Crippen molar-refractivity contribution in [1.82, 2.24) is 5.32 Å². The molecule has 2 rings (SSSR count). The van der Waals surface area contributed by atoms with Gasteiger partial charge in [0.1, 0.15) is 5.75 Å². The number of thioether (sulfide) groups is 1. The molecule has 1 amide bonds. The number of amides is 1. The van der Waals surface area contributed by atoms with Crippen LogP contribution in [0.2, 0.25) is 0 Å². The molecule has 0 aliphatic heterocycles. The number of hydrogen-bond donors (Lipinski definition) is 2. The number of phenolic OH excluding ortho intramolecular Hbond substituents is 1. The third-order valence-electron chi connectivity index (χ3n) is 3.23. The van der Waals surface area contributed by atoms with Crippen molar-refractivity contribution in [2.75, 3.05) is 5.75 Å². The van der Waals surface area contributed by atoms with Crippen molar-refractivity contribution in [3.63, 3.8) is 0 Å². The molecule has 2 atom stereocenters. The van der Waals surface area contributed by atoms with Crippen molar-refractivity contribution in [1.29, 1.82) is 0 Å². The predicted octanol–water partition coefficient (Wildman–Crippen LogP) is 2.80. The first-order valence-corrected chi connectivity index (χ1v) is 7.45. The highest BCUT2D eigenvalue weighted by atomic mass is 32.2. The molecule has 2 unspecified atom stereocenters. The van der Waals surface area contributed by atoms with E-state index >= 15 is 0 Å². The first kappa shape index (κ1) is 13.3. The summed E-state index contributed by atoms with van der Waals surface area (Å²) >= 11 is 1.98. The molecule has 1 fully saturated rings. The standard InChI is InChI=1S/C14H19NO2S/c1-2-18-13-7-6-11(9-13)15-14(17)10-4-3-5-12(16)8-10/h3-5,8,11,13,16H,2,6-7,9H2,1H3,(H,15,17). The lowest BCUT2D eigenvalue weighted by atomic mass is 10.1. The van der Waals surface area contributed by atoms with Gasteiger partial charge < -0.3 is 10.4 Å². The Morgan fingerprint density at radius 3 is 3.06 bits per heavy atom. The third-order valence-corrected chi connectivity index (χ3v) is 4.46. The summed E-state index contributed by atoms with van der Waals surface area (Å²) in [4.78, 5) is 12.0. The molecule has 1 aromatic carbocycles. The van der Waals surface area contributed by atoms with E-state index in [1.54, 1.807) is 18.2 Å². The van der Waals surface area contributed by atoms with E-state index in [1.165, 1.54) is 12.5 Å². The zero-order chi connectivity index (χ0) is 13.0. The lowest BCUT2D eigenvalue weighted by Crippen LogP contribution is -2.33. The number of rotatable bonds is 4. The van der Waals surface area contributed by atoms with Gasteiger partial charge in [0, 0.05) is 16.9 Å². The van der Waals surface area contributed by atoms with Gasteiger partial charge in [0.25, 0.3) is 5.91 Å². The molecule has 4 heteroatoms. The molecule has 0 saturated heterocycles. The van der Waals surface area contributed by atoms with Crippen molar-refractivity contribution >= 4 is 17.7 Å². The highest BCUT2D eigenvalue weighted by Gasteiger charge is 2.25. The van der Waals surface area contributed by atoms with Crippen LogP contribution < -0.4 is 5.32 Å². The highest BCUT2D eigenvalue weighted by Crippen LogP contribution is 2.29. The van der Waals surface area contributed by atoms with Crippen molar-refractivity contribution in [3.05, 3.63) is 29.8 Å². The quantitative estimate of drug-likeness (QED) is 0.880. The van der Waals surface area contributed by atoms with E-state index in [1.807, 2.05) is 11.8 Å². The molecule has 18 heavy (non-hydrogen) atoms. The molecule has 0 spiro atoms. The summed E-state index contributed by atoms with van der Waals surface area (Å²) in [6, 6.07) is 6.77. The van der Waals surface area contributed by atoms with Crippen molar-refractivity contribution < 1.29 is 9.90 Å². The minimum atomic E-state index is -0.0851. The monoisotopic (exact) mass is 265 g/mol. The Morgan fingerprint density at radius 2 is 2.33 bits per heavy atom. The number of carbonyl (C=O) groups is 1. The second-order valence-corrected chi connectivity index (χ2v) is 6.19. The van der Waals surface area contributed by atoms with E-state index in [2.05, 4.69) is 12.2 Å². The van der Waals surface area contributed by atoms with Crippen LogP contribution in [0.25, 0.3) is 0 Å². The third kappa shape index (κ3) is 3.42. The number of aromatic hydroxyl groups is 1. The smallest absolute Gasteiger partial charge is 0.251 e. The first-order valence-electron chi connectivity index (χ1n) is 6.40. The van der Waals surface area contributed by atoms with Crippen LogP contribution in [0.3, 0.4) is 0 Å². The molecule has 0 bridgehead atoms. The Balaban J connectivity index is 1.89. The number of carbonyl (C=O) groups excluding carboxylic acids is 1. The van der Waals surface area contributed by atoms with Crippen LogP contribution in [0.5, 0.6) is 5.75 Å². The van der Waals surface area contributed by atoms with Gasteiger partial charge in [-0.15, -0.1) is 0 Å². The van der Waals surface area contributed by atoms with E-state index in [0.717, 1.165) is 18.6 Å². The van der Waals surface area contributed by atoms with Crippen LogP contribution in [-0.4, -0.2) is 28.1 Å². The second kappa shape index (κ2) is 6.14. The van der Waals surface area contributed by atoms with Gasteiger partial charge >= 0.3 is 0 Å². The molecule has 0 aromatic heterocycles. The van der Waals surface area contributed by atoms with E-state index < -0.39 is 0 Å². The lowest BCUT2D eigenvalue weighted by molar-refractivity contribution is 0.0937. The Morgan fingerprint density at radius 1 is 1.50 bits per heavy atom. The summed E-state index contributed by atoms with van der Waals surface area (Å²) < 4.78 is 0. The van der Waals surface area contributed by atoms with Crippen molar-refractivity contribution in [2.45, 2.75) is 37.5 Å². The maximum Gasteiger partial charge on any atom is 0.251 e. The normalized spacial score (nSPS) is 22.9. The van der Waals surface area contributed by atoms with Gasteiger partial charge in [-0.25, -0.2) is 0 Å². The molecule has 98 valence electrons. The average molecular weight is 265 g/mol. The molecule has 1 aromatic rings. The zero-order valence-electron chi connectivity index (χ0n) is 10.6. The minimum Gasteiger partial charge on any atom is -0.508 e. The average Bonchev–Trinajstić information content (AvgIpc) is 2.77. The summed E-state index contributed by atoms with van der Waals surface area (Å²) in [6.45, 7) is 2.17. The first-order chi connectivity index (χ1) is 8.69. The molecule has 1 aliphatic carbocycles. The minimum absolute atomic E-state index is 0.0851. The summed E-state index contributed by atoms with van der Waals surface area (Å²) in [5.74, 6) is 1.18. The topological polar surface area (TPSA) is 49.3 Å². The highest BCUT2D eigenvalue weighted by molar-refractivity contribution is 7.99. The van der Waals surface area contributed by atoms with Gasteiger partial charge in [0.2, 0.25) is 0 Å². The SMILES string of the molecule is CCSC1CCC(NC(=O)c2cccc(O)c2)C1. The summed E-state index contributed by atoms with van der Waals surface area (Å²) in [7, 11) is 0. The van der Waals surface area contributed by atoms with E-state index in [-0.39, 0.29) is 17.7 Å². The predicted molar refractivity (Wildman–Crippen MR) is 75.1 cm³/mol. The molecular weight excluding hydrogens is 246 g/mol. The van der Waals surface area contributed by atoms with Crippen LogP contribution in [-0.2, 0) is 0 Å². The molecular formula is C14H19NO2S. The summed E-state index contributed by atoms with van der Waals surface area (Å²) in [5.41, 5.74) is 0.529. The molecule has 0 heterocycles. The van der Waals surface area contributed by atoms with Crippen molar-refractivity contribution in [2.24, 2.45) is 0 Å². The maximum atomic E-state index is 12.0. The Labute approximate surface area is 112 Å². The van der Waals surface area contributed by atoms with Crippen LogP contribution in [0.1, 0.15) is 36.5 Å². The van der Waals surface area contributed by atoms with Crippen LogP contribution in [0, 0.1) is 0 Å². The molecule has 1 saturated carbocycles.